The first-order valence-corrected chi connectivity index (χ1v) is 10.4. The molecule has 3 atom stereocenters. The predicted molar refractivity (Wildman–Crippen MR) is 103 cm³/mol. The van der Waals surface area contributed by atoms with Gasteiger partial charge in [-0.05, 0) is 30.7 Å². The van der Waals surface area contributed by atoms with Crippen LogP contribution in [0.1, 0.15) is 18.4 Å². The van der Waals surface area contributed by atoms with Crippen molar-refractivity contribution >= 4 is 23.6 Å². The van der Waals surface area contributed by atoms with Crippen molar-refractivity contribution in [2.75, 3.05) is 31.3 Å². The summed E-state index contributed by atoms with van der Waals surface area (Å²) >= 11 is 1.78. The SMILES string of the molecule is O=C(NCC1CN[C@H](C(=O)N2CCSC2)C1)C(O)CCc1ccccc1. The Bertz CT molecular complexity index is 607. The van der Waals surface area contributed by atoms with Crippen molar-refractivity contribution < 1.29 is 14.7 Å². The normalized spacial score (nSPS) is 23.8. The molecular formula is C19H27N3O3S. The number of nitrogens with zero attached hydrogens (tertiary/aromatic N) is 1. The number of aliphatic hydroxyl groups excluding tert-OH is 1. The number of carbonyl (C=O) groups excluding carboxylic acids is 2. The van der Waals surface area contributed by atoms with Gasteiger partial charge in [-0.2, -0.15) is 0 Å². The van der Waals surface area contributed by atoms with Crippen molar-refractivity contribution in [3.63, 3.8) is 0 Å². The number of hydrogen-bond acceptors (Lipinski definition) is 5. The van der Waals surface area contributed by atoms with Crippen LogP contribution in [0.4, 0.5) is 0 Å². The highest BCUT2D eigenvalue weighted by molar-refractivity contribution is 7.99. The lowest BCUT2D eigenvalue weighted by atomic mass is 10.0. The van der Waals surface area contributed by atoms with Crippen LogP contribution in [0.3, 0.4) is 0 Å². The van der Waals surface area contributed by atoms with Gasteiger partial charge in [0.05, 0.1) is 11.9 Å². The highest BCUT2D eigenvalue weighted by atomic mass is 32.2. The second-order valence-electron chi connectivity index (χ2n) is 6.99. The molecule has 1 aromatic rings. The lowest BCUT2D eigenvalue weighted by molar-refractivity contribution is -0.131. The molecule has 3 rings (SSSR count). The summed E-state index contributed by atoms with van der Waals surface area (Å²) in [6.07, 6.45) is 0.821. The second kappa shape index (κ2) is 9.39. The molecule has 2 fully saturated rings. The summed E-state index contributed by atoms with van der Waals surface area (Å²) in [6.45, 7) is 2.04. The summed E-state index contributed by atoms with van der Waals surface area (Å²) in [5.74, 6) is 1.87. The van der Waals surface area contributed by atoms with E-state index in [1.54, 1.807) is 11.8 Å². The molecule has 26 heavy (non-hydrogen) atoms. The van der Waals surface area contributed by atoms with Gasteiger partial charge in [-0.1, -0.05) is 30.3 Å². The zero-order valence-electron chi connectivity index (χ0n) is 14.9. The van der Waals surface area contributed by atoms with Crippen LogP contribution < -0.4 is 10.6 Å². The molecule has 0 saturated carbocycles. The summed E-state index contributed by atoms with van der Waals surface area (Å²) in [4.78, 5) is 26.4. The molecule has 0 radical (unpaired) electrons. The van der Waals surface area contributed by atoms with Crippen LogP contribution >= 0.6 is 11.8 Å². The Morgan fingerprint density at radius 1 is 1.35 bits per heavy atom. The standard InChI is InChI=1S/C19H27N3O3S/c23-17(7-6-14-4-2-1-3-5-14)18(24)21-12-15-10-16(20-11-15)19(25)22-8-9-26-13-22/h1-5,15-17,20,23H,6-13H2,(H,21,24)/t15?,16-,17?/m0/s1. The van der Waals surface area contributed by atoms with E-state index in [9.17, 15) is 14.7 Å². The molecule has 2 unspecified atom stereocenters. The van der Waals surface area contributed by atoms with Crippen molar-refractivity contribution in [1.82, 2.24) is 15.5 Å². The van der Waals surface area contributed by atoms with E-state index < -0.39 is 6.10 Å². The predicted octanol–water partition coefficient (Wildman–Crippen LogP) is 0.607. The van der Waals surface area contributed by atoms with Crippen LogP contribution in [-0.2, 0) is 16.0 Å². The average Bonchev–Trinajstić information content (AvgIpc) is 3.36. The Morgan fingerprint density at radius 3 is 2.88 bits per heavy atom. The molecule has 3 N–H and O–H groups in total. The number of nitrogens with one attached hydrogen (secondary N) is 2. The minimum absolute atomic E-state index is 0.140. The zero-order chi connectivity index (χ0) is 18.4. The highest BCUT2D eigenvalue weighted by Crippen LogP contribution is 2.20. The van der Waals surface area contributed by atoms with Gasteiger partial charge in [0.1, 0.15) is 6.10 Å². The van der Waals surface area contributed by atoms with Gasteiger partial charge >= 0.3 is 0 Å². The van der Waals surface area contributed by atoms with E-state index in [0.29, 0.717) is 19.4 Å². The quantitative estimate of drug-likeness (QED) is 0.649. The second-order valence-corrected chi connectivity index (χ2v) is 8.06. The number of aryl methyl sites for hydroxylation is 1. The fourth-order valence-electron chi connectivity index (χ4n) is 3.40. The molecule has 1 aromatic carbocycles. The van der Waals surface area contributed by atoms with E-state index in [0.717, 1.165) is 36.7 Å². The maximum atomic E-state index is 12.4. The summed E-state index contributed by atoms with van der Waals surface area (Å²) in [7, 11) is 0. The van der Waals surface area contributed by atoms with Gasteiger partial charge in [0, 0.05) is 25.4 Å². The summed E-state index contributed by atoms with van der Waals surface area (Å²) in [6, 6.07) is 9.69. The smallest absolute Gasteiger partial charge is 0.248 e. The largest absolute Gasteiger partial charge is 0.383 e. The molecular weight excluding hydrogens is 350 g/mol. The number of amides is 2. The fraction of sp³-hybridized carbons (Fsp3) is 0.579. The molecule has 2 aliphatic heterocycles. The van der Waals surface area contributed by atoms with E-state index >= 15 is 0 Å². The van der Waals surface area contributed by atoms with Crippen LogP contribution in [0.5, 0.6) is 0 Å². The number of thioether (sulfide) groups is 1. The van der Waals surface area contributed by atoms with Gasteiger partial charge in [0.15, 0.2) is 0 Å². The van der Waals surface area contributed by atoms with Crippen LogP contribution in [0, 0.1) is 5.92 Å². The molecule has 142 valence electrons. The summed E-state index contributed by atoms with van der Waals surface area (Å²) in [5, 5.41) is 16.1. The van der Waals surface area contributed by atoms with Crippen LogP contribution in [-0.4, -0.2) is 65.2 Å². The van der Waals surface area contributed by atoms with E-state index in [1.807, 2.05) is 35.2 Å². The Morgan fingerprint density at radius 2 is 2.15 bits per heavy atom. The van der Waals surface area contributed by atoms with Gasteiger partial charge in [-0.3, -0.25) is 9.59 Å². The number of aliphatic hydroxyl groups is 1. The third-order valence-corrected chi connectivity index (χ3v) is 5.97. The molecule has 7 heteroatoms. The number of rotatable bonds is 7. The van der Waals surface area contributed by atoms with Gasteiger partial charge < -0.3 is 20.6 Å². The first-order chi connectivity index (χ1) is 12.6. The third kappa shape index (κ3) is 5.22. The molecule has 2 heterocycles. The minimum atomic E-state index is -0.997. The molecule has 0 aliphatic carbocycles. The van der Waals surface area contributed by atoms with E-state index in [-0.39, 0.29) is 23.8 Å². The van der Waals surface area contributed by atoms with Crippen molar-refractivity contribution in [2.45, 2.75) is 31.4 Å². The molecule has 6 nitrogen and oxygen atoms in total. The van der Waals surface area contributed by atoms with Gasteiger partial charge in [0.2, 0.25) is 11.8 Å². The van der Waals surface area contributed by atoms with Crippen LogP contribution in [0.2, 0.25) is 0 Å². The van der Waals surface area contributed by atoms with Gasteiger partial charge in [-0.15, -0.1) is 11.8 Å². The molecule has 0 aromatic heterocycles. The molecule has 2 aliphatic rings. The number of benzene rings is 1. The Balaban J connectivity index is 1.35. The summed E-state index contributed by atoms with van der Waals surface area (Å²) < 4.78 is 0. The van der Waals surface area contributed by atoms with Crippen molar-refractivity contribution in [3.05, 3.63) is 35.9 Å². The molecule has 2 amide bonds. The third-order valence-electron chi connectivity index (χ3n) is 5.00. The fourth-order valence-corrected chi connectivity index (χ4v) is 4.36. The molecule has 0 spiro atoms. The minimum Gasteiger partial charge on any atom is -0.383 e. The topological polar surface area (TPSA) is 81.7 Å². The number of carbonyl (C=O) groups is 2. The van der Waals surface area contributed by atoms with E-state index in [2.05, 4.69) is 10.6 Å². The first kappa shape index (κ1) is 19.2. The molecule has 0 bridgehead atoms. The van der Waals surface area contributed by atoms with Gasteiger partial charge in [-0.25, -0.2) is 0 Å². The first-order valence-electron chi connectivity index (χ1n) is 9.23. The number of hydrogen-bond donors (Lipinski definition) is 3. The van der Waals surface area contributed by atoms with Crippen molar-refractivity contribution in [2.24, 2.45) is 5.92 Å². The van der Waals surface area contributed by atoms with Gasteiger partial charge in [0.25, 0.3) is 0 Å². The van der Waals surface area contributed by atoms with Crippen molar-refractivity contribution in [3.8, 4) is 0 Å². The maximum absolute atomic E-state index is 12.4. The van der Waals surface area contributed by atoms with E-state index in [4.69, 9.17) is 0 Å². The lowest BCUT2D eigenvalue weighted by Crippen LogP contribution is -2.42. The molecule has 2 saturated heterocycles. The lowest BCUT2D eigenvalue weighted by Gasteiger charge is -2.19. The van der Waals surface area contributed by atoms with Crippen LogP contribution in [0.25, 0.3) is 0 Å². The van der Waals surface area contributed by atoms with Crippen LogP contribution in [0.15, 0.2) is 30.3 Å². The highest BCUT2D eigenvalue weighted by Gasteiger charge is 2.33. The van der Waals surface area contributed by atoms with E-state index in [1.165, 1.54) is 0 Å². The Kier molecular flexibility index (Phi) is 6.93. The maximum Gasteiger partial charge on any atom is 0.248 e. The Labute approximate surface area is 158 Å². The van der Waals surface area contributed by atoms with Crippen molar-refractivity contribution in [1.29, 1.82) is 0 Å². The zero-order valence-corrected chi connectivity index (χ0v) is 15.7. The monoisotopic (exact) mass is 377 g/mol. The average molecular weight is 378 g/mol. The summed E-state index contributed by atoms with van der Waals surface area (Å²) in [5.41, 5.74) is 1.11. The Hall–Kier alpha value is -1.57.